The monoisotopic (exact) mass is 345 g/mol. The first-order chi connectivity index (χ1) is 11.9. The number of nitrogens with zero attached hydrogens (tertiary/aromatic N) is 2. The van der Waals surface area contributed by atoms with Crippen molar-refractivity contribution in [3.8, 4) is 0 Å². The summed E-state index contributed by atoms with van der Waals surface area (Å²) in [4.78, 5) is 16.3. The molecule has 0 bridgehead atoms. The highest BCUT2D eigenvalue weighted by molar-refractivity contribution is 5.89. The molecule has 0 saturated carbocycles. The number of anilines is 2. The highest BCUT2D eigenvalue weighted by Gasteiger charge is 2.22. The molecule has 1 heterocycles. The Morgan fingerprint density at radius 3 is 2.36 bits per heavy atom. The van der Waals surface area contributed by atoms with Crippen molar-refractivity contribution in [3.63, 3.8) is 0 Å². The molecular formula is C19H21F2N3O. The Morgan fingerprint density at radius 1 is 0.960 bits per heavy atom. The van der Waals surface area contributed by atoms with E-state index in [-0.39, 0.29) is 11.7 Å². The summed E-state index contributed by atoms with van der Waals surface area (Å²) in [6.45, 7) is 6.75. The number of rotatable bonds is 2. The van der Waals surface area contributed by atoms with Crippen LogP contribution in [0.15, 0.2) is 36.4 Å². The van der Waals surface area contributed by atoms with Crippen LogP contribution >= 0.6 is 0 Å². The second kappa shape index (κ2) is 7.09. The van der Waals surface area contributed by atoms with E-state index in [2.05, 4.69) is 42.3 Å². The molecule has 0 aliphatic carbocycles. The van der Waals surface area contributed by atoms with Gasteiger partial charge in [0.25, 0.3) is 0 Å². The van der Waals surface area contributed by atoms with Crippen molar-refractivity contribution in [2.45, 2.75) is 13.8 Å². The molecule has 4 nitrogen and oxygen atoms in total. The highest BCUT2D eigenvalue weighted by atomic mass is 19.2. The quantitative estimate of drug-likeness (QED) is 0.895. The van der Waals surface area contributed by atoms with Crippen molar-refractivity contribution in [1.82, 2.24) is 4.90 Å². The van der Waals surface area contributed by atoms with Crippen LogP contribution in [0, 0.1) is 25.5 Å². The Morgan fingerprint density at radius 2 is 1.68 bits per heavy atom. The largest absolute Gasteiger partial charge is 0.368 e. The minimum atomic E-state index is -0.974. The molecule has 0 aromatic heterocycles. The van der Waals surface area contributed by atoms with Gasteiger partial charge in [0.15, 0.2) is 11.6 Å². The van der Waals surface area contributed by atoms with Gasteiger partial charge in [-0.15, -0.1) is 0 Å². The van der Waals surface area contributed by atoms with Gasteiger partial charge >= 0.3 is 6.03 Å². The third-order valence-electron chi connectivity index (χ3n) is 4.44. The van der Waals surface area contributed by atoms with Crippen molar-refractivity contribution < 1.29 is 13.6 Å². The van der Waals surface area contributed by atoms with E-state index in [4.69, 9.17) is 0 Å². The van der Waals surface area contributed by atoms with Crippen LogP contribution in [0.1, 0.15) is 11.1 Å². The van der Waals surface area contributed by atoms with Crippen LogP contribution in [-0.2, 0) is 0 Å². The lowest BCUT2D eigenvalue weighted by Gasteiger charge is -2.36. The van der Waals surface area contributed by atoms with Gasteiger partial charge in [0.05, 0.1) is 0 Å². The van der Waals surface area contributed by atoms with Crippen molar-refractivity contribution in [1.29, 1.82) is 0 Å². The third-order valence-corrected chi connectivity index (χ3v) is 4.44. The zero-order valence-corrected chi connectivity index (χ0v) is 14.4. The molecule has 1 aliphatic rings. The Hall–Kier alpha value is -2.63. The fraction of sp³-hybridized carbons (Fsp3) is 0.316. The highest BCUT2D eigenvalue weighted by Crippen LogP contribution is 2.23. The van der Waals surface area contributed by atoms with Gasteiger partial charge in [-0.2, -0.15) is 0 Å². The molecule has 6 heteroatoms. The van der Waals surface area contributed by atoms with Crippen molar-refractivity contribution >= 4 is 17.4 Å². The third kappa shape index (κ3) is 3.90. The van der Waals surface area contributed by atoms with E-state index < -0.39 is 11.6 Å². The molecule has 1 N–H and O–H groups in total. The maximum Gasteiger partial charge on any atom is 0.321 e. The second-order valence-corrected chi connectivity index (χ2v) is 6.32. The number of amides is 2. The molecule has 0 unspecified atom stereocenters. The SMILES string of the molecule is Cc1ccc(C)c(N2CCN(C(=O)Nc3ccc(F)c(F)c3)CC2)c1. The summed E-state index contributed by atoms with van der Waals surface area (Å²) in [5.41, 5.74) is 3.87. The topological polar surface area (TPSA) is 35.6 Å². The van der Waals surface area contributed by atoms with E-state index in [1.54, 1.807) is 4.90 Å². The van der Waals surface area contributed by atoms with E-state index in [0.29, 0.717) is 13.1 Å². The van der Waals surface area contributed by atoms with Crippen molar-refractivity contribution in [3.05, 3.63) is 59.2 Å². The van der Waals surface area contributed by atoms with Crippen molar-refractivity contribution in [2.75, 3.05) is 36.4 Å². The number of piperazine rings is 1. The molecule has 25 heavy (non-hydrogen) atoms. The summed E-state index contributed by atoms with van der Waals surface area (Å²) in [5.74, 6) is -1.90. The Balaban J connectivity index is 1.60. The Labute approximate surface area is 146 Å². The van der Waals surface area contributed by atoms with Crippen molar-refractivity contribution in [2.24, 2.45) is 0 Å². The predicted molar refractivity (Wildman–Crippen MR) is 95.1 cm³/mol. The van der Waals surface area contributed by atoms with Gasteiger partial charge in [0, 0.05) is 43.6 Å². The number of aryl methyl sites for hydroxylation is 2. The van der Waals surface area contributed by atoms with Crippen LogP contribution in [0.5, 0.6) is 0 Å². The molecule has 2 aromatic carbocycles. The molecule has 0 atom stereocenters. The first kappa shape index (κ1) is 17.2. The number of halogens is 2. The lowest BCUT2D eigenvalue weighted by atomic mass is 10.1. The number of benzene rings is 2. The first-order valence-corrected chi connectivity index (χ1v) is 8.27. The number of hydrogen-bond acceptors (Lipinski definition) is 2. The smallest absolute Gasteiger partial charge is 0.321 e. The average Bonchev–Trinajstić information content (AvgIpc) is 2.60. The Kier molecular flexibility index (Phi) is 4.88. The Bertz CT molecular complexity index is 786. The van der Waals surface area contributed by atoms with Gasteiger partial charge in [0.1, 0.15) is 0 Å². The summed E-state index contributed by atoms with van der Waals surface area (Å²) in [5, 5.41) is 2.62. The number of carbonyl (C=O) groups excluding carboxylic acids is 1. The van der Waals surface area contributed by atoms with E-state index in [0.717, 1.165) is 25.2 Å². The van der Waals surface area contributed by atoms with Gasteiger partial charge < -0.3 is 15.1 Å². The lowest BCUT2D eigenvalue weighted by molar-refractivity contribution is 0.208. The zero-order valence-electron chi connectivity index (χ0n) is 14.4. The number of hydrogen-bond donors (Lipinski definition) is 1. The maximum atomic E-state index is 13.2. The van der Waals surface area contributed by atoms with Crippen LogP contribution in [0.25, 0.3) is 0 Å². The normalized spacial score (nSPS) is 14.6. The lowest BCUT2D eigenvalue weighted by Crippen LogP contribution is -2.50. The summed E-state index contributed by atoms with van der Waals surface area (Å²) in [6.07, 6.45) is 0. The molecule has 0 radical (unpaired) electrons. The minimum absolute atomic E-state index is 0.251. The molecular weight excluding hydrogens is 324 g/mol. The fourth-order valence-electron chi connectivity index (χ4n) is 2.99. The molecule has 0 spiro atoms. The molecule has 2 amide bonds. The molecule has 132 valence electrons. The molecule has 2 aromatic rings. The van der Waals surface area contributed by atoms with Crippen LogP contribution in [-0.4, -0.2) is 37.1 Å². The standard InChI is InChI=1S/C19H21F2N3O/c1-13-3-4-14(2)18(11-13)23-7-9-24(10-8-23)19(25)22-15-5-6-16(20)17(21)12-15/h3-6,11-12H,7-10H2,1-2H3,(H,22,25). The summed E-state index contributed by atoms with van der Waals surface area (Å²) < 4.78 is 26.2. The molecule has 1 fully saturated rings. The number of carbonyl (C=O) groups is 1. The second-order valence-electron chi connectivity index (χ2n) is 6.32. The first-order valence-electron chi connectivity index (χ1n) is 8.27. The molecule has 1 saturated heterocycles. The number of nitrogens with one attached hydrogen (secondary N) is 1. The predicted octanol–water partition coefficient (Wildman–Crippen LogP) is 3.94. The zero-order chi connectivity index (χ0) is 18.0. The number of urea groups is 1. The minimum Gasteiger partial charge on any atom is -0.368 e. The maximum absolute atomic E-state index is 13.2. The van der Waals surface area contributed by atoms with Gasteiger partial charge in [-0.1, -0.05) is 12.1 Å². The van der Waals surface area contributed by atoms with Crippen LogP contribution in [0.4, 0.5) is 25.0 Å². The summed E-state index contributed by atoms with van der Waals surface area (Å²) >= 11 is 0. The van der Waals surface area contributed by atoms with Gasteiger partial charge in [-0.05, 0) is 43.2 Å². The molecule has 3 rings (SSSR count). The fourth-order valence-corrected chi connectivity index (χ4v) is 2.99. The van der Waals surface area contributed by atoms with E-state index in [1.165, 1.54) is 22.9 Å². The van der Waals surface area contributed by atoms with E-state index in [1.807, 2.05) is 0 Å². The summed E-state index contributed by atoms with van der Waals surface area (Å²) in [7, 11) is 0. The van der Waals surface area contributed by atoms with Gasteiger partial charge in [0.2, 0.25) is 0 Å². The van der Waals surface area contributed by atoms with Gasteiger partial charge in [-0.3, -0.25) is 0 Å². The van der Waals surface area contributed by atoms with E-state index >= 15 is 0 Å². The van der Waals surface area contributed by atoms with Gasteiger partial charge in [-0.25, -0.2) is 13.6 Å². The molecule has 1 aliphatic heterocycles. The average molecular weight is 345 g/mol. The van der Waals surface area contributed by atoms with Crippen LogP contribution < -0.4 is 10.2 Å². The summed E-state index contributed by atoms with van der Waals surface area (Å²) in [6, 6.07) is 9.39. The van der Waals surface area contributed by atoms with Crippen LogP contribution in [0.2, 0.25) is 0 Å². The van der Waals surface area contributed by atoms with E-state index in [9.17, 15) is 13.6 Å². The van der Waals surface area contributed by atoms with Crippen LogP contribution in [0.3, 0.4) is 0 Å².